The number of hydrogen-bond acceptors (Lipinski definition) is 4. The van der Waals surface area contributed by atoms with Crippen molar-refractivity contribution in [2.45, 2.75) is 24.5 Å². The van der Waals surface area contributed by atoms with E-state index in [0.717, 1.165) is 21.8 Å². The van der Waals surface area contributed by atoms with Gasteiger partial charge in [-0.25, -0.2) is 13.1 Å². The zero-order valence-electron chi connectivity index (χ0n) is 16.9. The second kappa shape index (κ2) is 8.50. The van der Waals surface area contributed by atoms with Crippen LogP contribution in [0.2, 0.25) is 0 Å². The number of aliphatic hydroxyl groups excluding tert-OH is 1. The van der Waals surface area contributed by atoms with E-state index in [0.29, 0.717) is 5.69 Å². The lowest BCUT2D eigenvalue weighted by Gasteiger charge is -2.15. The van der Waals surface area contributed by atoms with Crippen molar-refractivity contribution >= 4 is 43.4 Å². The Morgan fingerprint density at radius 2 is 1.48 bits per heavy atom. The number of carbonyl (C=O) groups is 1. The summed E-state index contributed by atoms with van der Waals surface area (Å²) in [7, 11) is -3.80. The van der Waals surface area contributed by atoms with Crippen LogP contribution >= 0.6 is 0 Å². The van der Waals surface area contributed by atoms with Gasteiger partial charge < -0.3 is 15.0 Å². The normalized spacial score (nSPS) is 12.8. The Bertz CT molecular complexity index is 1290. The maximum atomic E-state index is 12.6. The van der Waals surface area contributed by atoms with Crippen molar-refractivity contribution in [3.05, 3.63) is 72.8 Å². The van der Waals surface area contributed by atoms with Crippen molar-refractivity contribution in [1.29, 1.82) is 0 Å². The van der Waals surface area contributed by atoms with Crippen molar-refractivity contribution < 1.29 is 18.3 Å². The van der Waals surface area contributed by atoms with E-state index in [1.54, 1.807) is 0 Å². The van der Waals surface area contributed by atoms with Gasteiger partial charge in [-0.05, 0) is 36.4 Å². The Hall–Kier alpha value is -3.20. The highest BCUT2D eigenvalue weighted by Gasteiger charge is 2.18. The topological polar surface area (TPSA) is 100 Å². The van der Waals surface area contributed by atoms with Crippen LogP contribution in [0.1, 0.15) is 6.92 Å². The first-order valence-corrected chi connectivity index (χ1v) is 11.3. The van der Waals surface area contributed by atoms with Crippen molar-refractivity contribution in [2.75, 3.05) is 11.9 Å². The summed E-state index contributed by atoms with van der Waals surface area (Å²) in [6.07, 6.45) is -0.923. The number of benzene rings is 3. The van der Waals surface area contributed by atoms with Gasteiger partial charge in [-0.2, -0.15) is 0 Å². The Kier molecular flexibility index (Phi) is 5.77. The Morgan fingerprint density at radius 1 is 0.935 bits per heavy atom. The van der Waals surface area contributed by atoms with Crippen molar-refractivity contribution in [1.82, 2.24) is 9.29 Å². The van der Waals surface area contributed by atoms with Gasteiger partial charge in [0.15, 0.2) is 0 Å². The standard InChI is InChI=1S/C23H23N3O4S/c1-16(27)25-17-10-12-19(13-11-17)31(29,30)24-14-18(28)15-26-22-8-4-2-6-20(22)21-7-3-5-9-23(21)26/h2-13,18,24,28H,14-15H2,1H3,(H,25,27). The third kappa shape index (κ3) is 4.46. The fourth-order valence-corrected chi connectivity index (χ4v) is 4.76. The molecule has 3 aromatic carbocycles. The molecule has 0 spiro atoms. The molecule has 1 heterocycles. The zero-order chi connectivity index (χ0) is 22.0. The molecule has 0 aliphatic heterocycles. The maximum absolute atomic E-state index is 12.6. The monoisotopic (exact) mass is 437 g/mol. The summed E-state index contributed by atoms with van der Waals surface area (Å²) >= 11 is 0. The van der Waals surface area contributed by atoms with Crippen LogP contribution in [0.3, 0.4) is 0 Å². The molecule has 4 aromatic rings. The highest BCUT2D eigenvalue weighted by atomic mass is 32.2. The summed E-state index contributed by atoms with van der Waals surface area (Å²) in [5.74, 6) is -0.234. The predicted octanol–water partition coefficient (Wildman–Crippen LogP) is 3.09. The minimum Gasteiger partial charge on any atom is -0.390 e. The molecular formula is C23H23N3O4S. The van der Waals surface area contributed by atoms with Crippen LogP contribution in [0.15, 0.2) is 77.7 Å². The summed E-state index contributed by atoms with van der Waals surface area (Å²) in [5.41, 5.74) is 2.48. The highest BCUT2D eigenvalue weighted by molar-refractivity contribution is 7.89. The second-order valence-corrected chi connectivity index (χ2v) is 9.12. The molecule has 1 atom stereocenters. The predicted molar refractivity (Wildman–Crippen MR) is 121 cm³/mol. The first-order valence-electron chi connectivity index (χ1n) is 9.86. The summed E-state index contributed by atoms with van der Waals surface area (Å²) in [6.45, 7) is 1.50. The number of para-hydroxylation sites is 2. The quantitative estimate of drug-likeness (QED) is 0.414. The highest BCUT2D eigenvalue weighted by Crippen LogP contribution is 2.28. The molecule has 8 heteroatoms. The first kappa shape index (κ1) is 21.0. The van der Waals surface area contributed by atoms with Crippen molar-refractivity contribution in [3.8, 4) is 0 Å². The number of hydrogen-bond donors (Lipinski definition) is 3. The molecule has 1 amide bonds. The van der Waals surface area contributed by atoms with Crippen molar-refractivity contribution in [3.63, 3.8) is 0 Å². The van der Waals surface area contributed by atoms with Gasteiger partial charge in [-0.3, -0.25) is 4.79 Å². The van der Waals surface area contributed by atoms with Gasteiger partial charge in [-0.15, -0.1) is 0 Å². The lowest BCUT2D eigenvalue weighted by atomic mass is 10.2. The first-order chi connectivity index (χ1) is 14.8. The van der Waals surface area contributed by atoms with E-state index < -0.39 is 16.1 Å². The molecule has 31 heavy (non-hydrogen) atoms. The van der Waals surface area contributed by atoms with Gasteiger partial charge in [0.2, 0.25) is 15.9 Å². The summed E-state index contributed by atoms with van der Waals surface area (Å²) in [6, 6.07) is 21.7. The maximum Gasteiger partial charge on any atom is 0.240 e. The fraction of sp³-hybridized carbons (Fsp3) is 0.174. The van der Waals surface area contributed by atoms with Gasteiger partial charge in [0, 0.05) is 41.0 Å². The van der Waals surface area contributed by atoms with Gasteiger partial charge in [0.1, 0.15) is 0 Å². The van der Waals surface area contributed by atoms with Crippen LogP contribution in [0.4, 0.5) is 5.69 Å². The van der Waals surface area contributed by atoms with E-state index in [2.05, 4.69) is 10.0 Å². The van der Waals surface area contributed by atoms with Gasteiger partial charge in [-0.1, -0.05) is 36.4 Å². The van der Waals surface area contributed by atoms with Gasteiger partial charge in [0.25, 0.3) is 0 Å². The van der Waals surface area contributed by atoms with E-state index in [-0.39, 0.29) is 23.9 Å². The minimum absolute atomic E-state index is 0.0608. The van der Waals surface area contributed by atoms with Gasteiger partial charge in [0.05, 0.1) is 17.5 Å². The van der Waals surface area contributed by atoms with Crippen LogP contribution in [-0.2, 0) is 21.4 Å². The number of amides is 1. The Morgan fingerprint density at radius 3 is 2.03 bits per heavy atom. The second-order valence-electron chi connectivity index (χ2n) is 7.36. The van der Waals surface area contributed by atoms with Crippen LogP contribution in [0.25, 0.3) is 21.8 Å². The minimum atomic E-state index is -3.80. The average Bonchev–Trinajstić information content (AvgIpc) is 3.06. The van der Waals surface area contributed by atoms with Crippen LogP contribution < -0.4 is 10.0 Å². The fourth-order valence-electron chi connectivity index (χ4n) is 3.69. The molecule has 0 bridgehead atoms. The van der Waals surface area contributed by atoms with Crippen LogP contribution in [-0.4, -0.2) is 36.6 Å². The van der Waals surface area contributed by atoms with Crippen LogP contribution in [0.5, 0.6) is 0 Å². The number of rotatable bonds is 7. The average molecular weight is 438 g/mol. The number of aromatic nitrogens is 1. The molecule has 3 N–H and O–H groups in total. The van der Waals surface area contributed by atoms with E-state index in [1.165, 1.54) is 31.2 Å². The Balaban J connectivity index is 1.49. The summed E-state index contributed by atoms with van der Waals surface area (Å²) in [4.78, 5) is 11.2. The Labute approximate surface area is 180 Å². The smallest absolute Gasteiger partial charge is 0.240 e. The molecule has 7 nitrogen and oxygen atoms in total. The largest absolute Gasteiger partial charge is 0.390 e. The number of anilines is 1. The van der Waals surface area contributed by atoms with Crippen LogP contribution in [0, 0.1) is 0 Å². The number of aliphatic hydroxyl groups is 1. The SMILES string of the molecule is CC(=O)Nc1ccc(S(=O)(=O)NCC(O)Cn2c3ccccc3c3ccccc32)cc1. The molecule has 0 aliphatic rings. The molecule has 0 saturated carbocycles. The molecule has 160 valence electrons. The molecular weight excluding hydrogens is 414 g/mol. The molecule has 0 radical (unpaired) electrons. The summed E-state index contributed by atoms with van der Waals surface area (Å²) in [5, 5.41) is 15.4. The zero-order valence-corrected chi connectivity index (χ0v) is 17.8. The van der Waals surface area contributed by atoms with E-state index in [4.69, 9.17) is 0 Å². The number of nitrogens with one attached hydrogen (secondary N) is 2. The van der Waals surface area contributed by atoms with E-state index in [9.17, 15) is 18.3 Å². The van der Waals surface area contributed by atoms with E-state index in [1.807, 2.05) is 53.1 Å². The van der Waals surface area contributed by atoms with Gasteiger partial charge >= 0.3 is 0 Å². The molecule has 1 unspecified atom stereocenters. The molecule has 0 aliphatic carbocycles. The molecule has 0 saturated heterocycles. The lowest BCUT2D eigenvalue weighted by molar-refractivity contribution is -0.114. The molecule has 1 aromatic heterocycles. The number of sulfonamides is 1. The number of nitrogens with zero attached hydrogens (tertiary/aromatic N) is 1. The van der Waals surface area contributed by atoms with E-state index >= 15 is 0 Å². The van der Waals surface area contributed by atoms with Crippen molar-refractivity contribution in [2.24, 2.45) is 0 Å². The summed E-state index contributed by atoms with van der Waals surface area (Å²) < 4.78 is 29.6. The molecule has 0 fully saturated rings. The third-order valence-corrected chi connectivity index (χ3v) is 6.51. The lowest BCUT2D eigenvalue weighted by Crippen LogP contribution is -2.34. The molecule has 4 rings (SSSR count). The number of carbonyl (C=O) groups excluding carboxylic acids is 1. The third-order valence-electron chi connectivity index (χ3n) is 5.07. The number of fused-ring (bicyclic) bond motifs is 3.